The molecular weight excluding hydrogens is 532 g/mol. The molecule has 4 N–H and O–H groups in total. The molecule has 0 saturated carbocycles. The van der Waals surface area contributed by atoms with Crippen molar-refractivity contribution in [1.82, 2.24) is 15.6 Å². The third-order valence-electron chi connectivity index (χ3n) is 6.16. The number of carbonyl (C=O) groups is 1. The number of carbonyl (C=O) groups excluding carboxylic acids is 1. The minimum Gasteiger partial charge on any atom is -0.494 e. The predicted molar refractivity (Wildman–Crippen MR) is 154 cm³/mol. The summed E-state index contributed by atoms with van der Waals surface area (Å²) in [7, 11) is 0. The van der Waals surface area contributed by atoms with Crippen LogP contribution in [0.25, 0.3) is 11.1 Å². The Labute approximate surface area is 239 Å². The van der Waals surface area contributed by atoms with Gasteiger partial charge in [0.1, 0.15) is 23.1 Å². The van der Waals surface area contributed by atoms with Crippen molar-refractivity contribution in [2.75, 3.05) is 19.7 Å². The van der Waals surface area contributed by atoms with Crippen molar-refractivity contribution in [2.24, 2.45) is 0 Å². The molecule has 0 saturated heterocycles. The van der Waals surface area contributed by atoms with Crippen molar-refractivity contribution in [3.8, 4) is 28.7 Å². The van der Waals surface area contributed by atoms with Crippen molar-refractivity contribution in [3.63, 3.8) is 0 Å². The van der Waals surface area contributed by atoms with E-state index in [1.807, 2.05) is 44.2 Å². The summed E-state index contributed by atoms with van der Waals surface area (Å²) in [5, 5.41) is 25.9. The number of aryl methyl sites for hydroxylation is 1. The average Bonchev–Trinajstić information content (AvgIpc) is 2.92. The molecule has 1 unspecified atom stereocenters. The van der Waals surface area contributed by atoms with Gasteiger partial charge in [-0.05, 0) is 63.1 Å². The summed E-state index contributed by atoms with van der Waals surface area (Å²) >= 11 is 6.05. The van der Waals surface area contributed by atoms with Gasteiger partial charge in [-0.1, -0.05) is 35.9 Å². The first-order valence-electron chi connectivity index (χ1n) is 13.1. The quantitative estimate of drug-likeness (QED) is 0.169. The zero-order valence-corrected chi connectivity index (χ0v) is 23.7. The normalized spacial score (nSPS) is 11.9. The molecule has 0 aliphatic carbocycles. The number of para-hydroxylation sites is 1. The molecule has 1 heterocycles. The highest BCUT2D eigenvalue weighted by atomic mass is 35.5. The number of nitriles is 1. The summed E-state index contributed by atoms with van der Waals surface area (Å²) in [6.45, 7) is 7.02. The lowest BCUT2D eigenvalue weighted by atomic mass is 10.0. The molecule has 1 atom stereocenters. The van der Waals surface area contributed by atoms with Gasteiger partial charge < -0.3 is 30.2 Å². The molecule has 0 radical (unpaired) electrons. The number of H-pyrrole nitrogens is 1. The van der Waals surface area contributed by atoms with Crippen LogP contribution in [0.2, 0.25) is 5.02 Å². The Bertz CT molecular complexity index is 1380. The third kappa shape index (κ3) is 9.42. The second kappa shape index (κ2) is 14.5. The molecule has 0 aliphatic heterocycles. The maximum absolute atomic E-state index is 12.3. The van der Waals surface area contributed by atoms with Crippen LogP contribution in [0.3, 0.4) is 0 Å². The molecule has 40 heavy (non-hydrogen) atoms. The van der Waals surface area contributed by atoms with Crippen LogP contribution in [-0.4, -0.2) is 47.5 Å². The second-order valence-electron chi connectivity index (χ2n) is 10.0. The highest BCUT2D eigenvalue weighted by Crippen LogP contribution is 2.25. The molecule has 9 nitrogen and oxygen atoms in total. The van der Waals surface area contributed by atoms with Gasteiger partial charge in [0.2, 0.25) is 5.91 Å². The van der Waals surface area contributed by atoms with Crippen LogP contribution < -0.4 is 25.7 Å². The molecule has 1 amide bonds. The smallest absolute Gasteiger partial charge is 0.266 e. The number of aromatic amines is 1. The number of aliphatic hydroxyl groups excluding tert-OH is 1. The monoisotopic (exact) mass is 566 g/mol. The van der Waals surface area contributed by atoms with Crippen LogP contribution in [0, 0.1) is 18.3 Å². The van der Waals surface area contributed by atoms with Gasteiger partial charge in [0.25, 0.3) is 5.56 Å². The number of benzene rings is 2. The van der Waals surface area contributed by atoms with Gasteiger partial charge >= 0.3 is 0 Å². The Hall–Kier alpha value is -3.84. The minimum atomic E-state index is -1.00. The lowest BCUT2D eigenvalue weighted by Gasteiger charge is -2.27. The Morgan fingerprint density at radius 3 is 2.62 bits per heavy atom. The van der Waals surface area contributed by atoms with Gasteiger partial charge in [-0.3, -0.25) is 9.59 Å². The van der Waals surface area contributed by atoms with E-state index in [2.05, 4.69) is 15.6 Å². The molecule has 0 bridgehead atoms. The van der Waals surface area contributed by atoms with E-state index in [-0.39, 0.29) is 17.0 Å². The van der Waals surface area contributed by atoms with Crippen molar-refractivity contribution < 1.29 is 19.4 Å². The van der Waals surface area contributed by atoms with E-state index >= 15 is 0 Å². The Kier molecular flexibility index (Phi) is 11.1. The van der Waals surface area contributed by atoms with E-state index < -0.39 is 11.8 Å². The Morgan fingerprint density at radius 2 is 1.93 bits per heavy atom. The number of ether oxygens (including phenoxy) is 2. The molecule has 0 spiro atoms. The topological polar surface area (TPSA) is 136 Å². The van der Waals surface area contributed by atoms with Crippen molar-refractivity contribution in [1.29, 1.82) is 5.26 Å². The minimum absolute atomic E-state index is 0.0661. The molecule has 0 fully saturated rings. The number of nitrogens with zero attached hydrogens (tertiary/aromatic N) is 1. The fourth-order valence-corrected chi connectivity index (χ4v) is 4.09. The summed E-state index contributed by atoms with van der Waals surface area (Å²) in [5.74, 6) is 1.02. The number of hydrogen-bond acceptors (Lipinski definition) is 7. The highest BCUT2D eigenvalue weighted by Gasteiger charge is 2.19. The fourth-order valence-electron chi connectivity index (χ4n) is 3.91. The Morgan fingerprint density at radius 1 is 1.20 bits per heavy atom. The van der Waals surface area contributed by atoms with Crippen LogP contribution in [0.4, 0.5) is 0 Å². The molecule has 3 rings (SSSR count). The number of amides is 1. The van der Waals surface area contributed by atoms with E-state index in [1.165, 1.54) is 0 Å². The van der Waals surface area contributed by atoms with Gasteiger partial charge in [0.05, 0.1) is 11.6 Å². The number of aromatic nitrogens is 1. The maximum Gasteiger partial charge on any atom is 0.266 e. The van der Waals surface area contributed by atoms with Gasteiger partial charge in [-0.2, -0.15) is 5.26 Å². The van der Waals surface area contributed by atoms with Gasteiger partial charge in [-0.15, -0.1) is 0 Å². The van der Waals surface area contributed by atoms with E-state index in [1.54, 1.807) is 37.3 Å². The molecule has 0 aliphatic rings. The summed E-state index contributed by atoms with van der Waals surface area (Å²) in [6, 6.07) is 17.8. The zero-order chi connectivity index (χ0) is 29.1. The van der Waals surface area contributed by atoms with Crippen LogP contribution in [0.1, 0.15) is 44.4 Å². The Balaban J connectivity index is 1.33. The molecule has 212 valence electrons. The fraction of sp³-hybridized carbons (Fsp3) is 0.367. The molecule has 2 aromatic carbocycles. The standard InChI is InChI=1S/C30H35ClN4O5/c1-20-24(17-22(18-32)29(38)35-20)21-10-12-23(13-11-21)39-16-6-9-27(36)33-19-30(2,3)34-15-14-28(37)40-26-8-5-4-7-25(26)31/h4-5,7-8,10-13,17,28,34,37H,6,9,14-16,19H2,1-3H3,(H,33,36)(H,35,38). The SMILES string of the molecule is Cc1[nH]c(=O)c(C#N)cc1-c1ccc(OCCCC(=O)NCC(C)(C)NCCC(O)Oc2ccccc2Cl)cc1. The number of halogens is 1. The third-order valence-corrected chi connectivity index (χ3v) is 6.48. The van der Waals surface area contributed by atoms with Crippen molar-refractivity contribution >= 4 is 17.5 Å². The number of pyridine rings is 1. The van der Waals surface area contributed by atoms with Gasteiger partial charge in [0, 0.05) is 42.7 Å². The lowest BCUT2D eigenvalue weighted by Crippen LogP contribution is -2.49. The number of aliphatic hydroxyl groups is 1. The van der Waals surface area contributed by atoms with Crippen LogP contribution in [0.5, 0.6) is 11.5 Å². The van der Waals surface area contributed by atoms with Gasteiger partial charge in [-0.25, -0.2) is 0 Å². The summed E-state index contributed by atoms with van der Waals surface area (Å²) in [6.07, 6.45) is 0.231. The lowest BCUT2D eigenvalue weighted by molar-refractivity contribution is -0.121. The number of hydrogen-bond donors (Lipinski definition) is 4. The maximum atomic E-state index is 12.3. The number of nitrogens with one attached hydrogen (secondary N) is 3. The van der Waals surface area contributed by atoms with E-state index in [0.717, 1.165) is 11.1 Å². The number of rotatable bonds is 14. The second-order valence-corrected chi connectivity index (χ2v) is 10.4. The first kappa shape index (κ1) is 30.7. The summed E-state index contributed by atoms with van der Waals surface area (Å²) in [4.78, 5) is 26.8. The average molecular weight is 567 g/mol. The van der Waals surface area contributed by atoms with Crippen LogP contribution in [0.15, 0.2) is 59.4 Å². The van der Waals surface area contributed by atoms with E-state index in [4.69, 9.17) is 26.3 Å². The first-order chi connectivity index (χ1) is 19.1. The van der Waals surface area contributed by atoms with E-state index in [0.29, 0.717) is 61.2 Å². The molecule has 1 aromatic heterocycles. The summed E-state index contributed by atoms with van der Waals surface area (Å²) < 4.78 is 11.2. The van der Waals surface area contributed by atoms with E-state index in [9.17, 15) is 14.7 Å². The highest BCUT2D eigenvalue weighted by molar-refractivity contribution is 6.32. The summed E-state index contributed by atoms with van der Waals surface area (Å²) in [5.41, 5.74) is 1.60. The van der Waals surface area contributed by atoms with Crippen LogP contribution in [-0.2, 0) is 4.79 Å². The van der Waals surface area contributed by atoms with Crippen LogP contribution >= 0.6 is 11.6 Å². The largest absolute Gasteiger partial charge is 0.494 e. The predicted octanol–water partition coefficient (Wildman–Crippen LogP) is 4.31. The van der Waals surface area contributed by atoms with Crippen molar-refractivity contribution in [2.45, 2.75) is 51.9 Å². The zero-order valence-electron chi connectivity index (χ0n) is 22.9. The van der Waals surface area contributed by atoms with Gasteiger partial charge in [0.15, 0.2) is 6.29 Å². The molecule has 3 aromatic rings. The molecule has 10 heteroatoms. The first-order valence-corrected chi connectivity index (χ1v) is 13.4. The van der Waals surface area contributed by atoms with Crippen molar-refractivity contribution in [3.05, 3.63) is 81.2 Å². The molecular formula is C30H35ClN4O5.